The van der Waals surface area contributed by atoms with Crippen molar-refractivity contribution in [1.29, 1.82) is 0 Å². The summed E-state index contributed by atoms with van der Waals surface area (Å²) in [5, 5.41) is 0. The van der Waals surface area contributed by atoms with Gasteiger partial charge in [0.05, 0.1) is 0 Å². The molecule has 0 aliphatic heterocycles. The van der Waals surface area contributed by atoms with Crippen LogP contribution < -0.4 is 0 Å². The standard InChI is InChI=1S/C55H100O6/c1-4-7-10-13-16-19-22-24-25-26-27-28-29-31-33-36-39-42-45-48-54(57)60-51-52(50-59-53(56)47-44-41-38-35-32-21-18-15-12-9-6-3)61-55(58)49-46-43-40-37-34-30-23-20-17-14-11-8-5-2/h15,18,20,23,26-27,52H,4-14,16-17,19,21-22,24-25,28-51H2,1-3H3/b18-15-,23-20-,27-26-/t52-/m1/s1. The molecule has 0 radical (unpaired) electrons. The monoisotopic (exact) mass is 857 g/mol. The maximum Gasteiger partial charge on any atom is 0.306 e. The molecule has 0 aromatic rings. The fraction of sp³-hybridized carbons (Fsp3) is 0.836. The van der Waals surface area contributed by atoms with Gasteiger partial charge in [0.15, 0.2) is 6.10 Å². The zero-order valence-corrected chi connectivity index (χ0v) is 40.7. The Morgan fingerprint density at radius 3 is 0.885 bits per heavy atom. The summed E-state index contributed by atoms with van der Waals surface area (Å²) in [4.78, 5) is 37.9. The number of unbranched alkanes of at least 4 members (excludes halogenated alkanes) is 31. The Hall–Kier alpha value is -2.37. The van der Waals surface area contributed by atoms with Crippen molar-refractivity contribution in [3.8, 4) is 0 Å². The summed E-state index contributed by atoms with van der Waals surface area (Å²) in [6.45, 7) is 6.58. The summed E-state index contributed by atoms with van der Waals surface area (Å²) < 4.78 is 16.8. The van der Waals surface area contributed by atoms with Crippen molar-refractivity contribution in [2.75, 3.05) is 13.2 Å². The molecule has 0 aliphatic rings. The van der Waals surface area contributed by atoms with E-state index in [1.807, 2.05) is 0 Å². The Kier molecular flexibility index (Phi) is 48.3. The highest BCUT2D eigenvalue weighted by Gasteiger charge is 2.19. The van der Waals surface area contributed by atoms with Crippen LogP contribution in [0.3, 0.4) is 0 Å². The average Bonchev–Trinajstić information content (AvgIpc) is 3.26. The Balaban J connectivity index is 4.32. The molecule has 6 nitrogen and oxygen atoms in total. The van der Waals surface area contributed by atoms with Crippen LogP contribution in [0, 0.1) is 0 Å². The number of hydrogen-bond donors (Lipinski definition) is 0. The second kappa shape index (κ2) is 50.3. The normalized spacial score (nSPS) is 12.2. The van der Waals surface area contributed by atoms with Gasteiger partial charge in [-0.05, 0) is 89.9 Å². The number of carbonyl (C=O) groups excluding carboxylic acids is 3. The van der Waals surface area contributed by atoms with Crippen molar-refractivity contribution in [2.45, 2.75) is 284 Å². The van der Waals surface area contributed by atoms with E-state index in [1.54, 1.807) is 0 Å². The maximum atomic E-state index is 12.8. The van der Waals surface area contributed by atoms with Gasteiger partial charge in [-0.1, -0.05) is 205 Å². The molecular formula is C55H100O6. The molecule has 0 N–H and O–H groups in total. The first-order valence-corrected chi connectivity index (χ1v) is 26.5. The molecule has 0 fully saturated rings. The first-order valence-electron chi connectivity index (χ1n) is 26.5. The average molecular weight is 857 g/mol. The van der Waals surface area contributed by atoms with E-state index < -0.39 is 6.10 Å². The van der Waals surface area contributed by atoms with Crippen LogP contribution in [0.2, 0.25) is 0 Å². The van der Waals surface area contributed by atoms with E-state index in [9.17, 15) is 14.4 Å². The number of allylic oxidation sites excluding steroid dienone is 6. The van der Waals surface area contributed by atoms with Gasteiger partial charge >= 0.3 is 17.9 Å². The minimum absolute atomic E-state index is 0.0789. The second-order valence-electron chi connectivity index (χ2n) is 17.8. The first kappa shape index (κ1) is 58.6. The highest BCUT2D eigenvalue weighted by molar-refractivity contribution is 5.71. The Labute approximate surface area is 378 Å². The predicted molar refractivity (Wildman–Crippen MR) is 261 cm³/mol. The SMILES string of the molecule is CCCC/C=C\CCCCCCCC(=O)OC[C@H](COC(=O)CCCCCCCCC/C=C\CCCCCCCCCC)OC(=O)CCCCCCC/C=C\CCCCCC. The largest absolute Gasteiger partial charge is 0.462 e. The summed E-state index contributed by atoms with van der Waals surface area (Å²) in [6.07, 6.45) is 58.4. The maximum absolute atomic E-state index is 12.8. The number of hydrogen-bond acceptors (Lipinski definition) is 6. The molecule has 61 heavy (non-hydrogen) atoms. The van der Waals surface area contributed by atoms with Crippen molar-refractivity contribution >= 4 is 17.9 Å². The van der Waals surface area contributed by atoms with Crippen LogP contribution in [0.4, 0.5) is 0 Å². The van der Waals surface area contributed by atoms with Crippen molar-refractivity contribution in [3.63, 3.8) is 0 Å². The molecule has 0 saturated carbocycles. The number of esters is 3. The van der Waals surface area contributed by atoms with Crippen LogP contribution in [0.5, 0.6) is 0 Å². The van der Waals surface area contributed by atoms with Crippen molar-refractivity contribution < 1.29 is 28.6 Å². The lowest BCUT2D eigenvalue weighted by atomic mass is 10.1. The van der Waals surface area contributed by atoms with Gasteiger partial charge in [-0.15, -0.1) is 0 Å². The van der Waals surface area contributed by atoms with Gasteiger partial charge in [-0.2, -0.15) is 0 Å². The lowest BCUT2D eigenvalue weighted by Crippen LogP contribution is -2.30. The molecule has 356 valence electrons. The first-order chi connectivity index (χ1) is 30.0. The second-order valence-corrected chi connectivity index (χ2v) is 17.8. The highest BCUT2D eigenvalue weighted by Crippen LogP contribution is 2.15. The predicted octanol–water partition coefficient (Wildman–Crippen LogP) is 17.3. The van der Waals surface area contributed by atoms with Gasteiger partial charge in [0.2, 0.25) is 0 Å². The van der Waals surface area contributed by atoms with Gasteiger partial charge in [-0.25, -0.2) is 0 Å². The van der Waals surface area contributed by atoms with Gasteiger partial charge in [0.1, 0.15) is 13.2 Å². The lowest BCUT2D eigenvalue weighted by Gasteiger charge is -2.18. The third-order valence-electron chi connectivity index (χ3n) is 11.6. The molecule has 0 amide bonds. The van der Waals surface area contributed by atoms with Gasteiger partial charge in [-0.3, -0.25) is 14.4 Å². The minimum Gasteiger partial charge on any atom is -0.462 e. The van der Waals surface area contributed by atoms with Crippen LogP contribution in [0.1, 0.15) is 278 Å². The molecule has 0 saturated heterocycles. The van der Waals surface area contributed by atoms with E-state index in [-0.39, 0.29) is 31.1 Å². The Morgan fingerprint density at radius 1 is 0.311 bits per heavy atom. The Morgan fingerprint density at radius 2 is 0.557 bits per heavy atom. The van der Waals surface area contributed by atoms with E-state index in [1.165, 1.54) is 161 Å². The molecule has 6 heteroatoms. The van der Waals surface area contributed by atoms with E-state index in [4.69, 9.17) is 14.2 Å². The molecule has 0 aromatic carbocycles. The molecule has 0 rings (SSSR count). The summed E-state index contributed by atoms with van der Waals surface area (Å²) in [6, 6.07) is 0. The number of rotatable bonds is 48. The zero-order valence-electron chi connectivity index (χ0n) is 40.7. The number of ether oxygens (including phenoxy) is 3. The summed E-state index contributed by atoms with van der Waals surface area (Å²) in [5.74, 6) is -0.893. The van der Waals surface area contributed by atoms with E-state index in [2.05, 4.69) is 57.2 Å². The van der Waals surface area contributed by atoms with E-state index in [0.717, 1.165) is 77.0 Å². The van der Waals surface area contributed by atoms with Crippen LogP contribution >= 0.6 is 0 Å². The Bertz CT molecular complexity index is 1030. The van der Waals surface area contributed by atoms with Crippen molar-refractivity contribution in [3.05, 3.63) is 36.5 Å². The van der Waals surface area contributed by atoms with Gasteiger partial charge < -0.3 is 14.2 Å². The summed E-state index contributed by atoms with van der Waals surface area (Å²) >= 11 is 0. The number of carbonyl (C=O) groups is 3. The fourth-order valence-corrected chi connectivity index (χ4v) is 7.53. The van der Waals surface area contributed by atoms with Crippen LogP contribution in [-0.4, -0.2) is 37.2 Å². The van der Waals surface area contributed by atoms with Crippen LogP contribution in [-0.2, 0) is 28.6 Å². The summed E-state index contributed by atoms with van der Waals surface area (Å²) in [5.41, 5.74) is 0. The molecule has 1 atom stereocenters. The molecule has 0 bridgehead atoms. The molecule has 0 heterocycles. The van der Waals surface area contributed by atoms with E-state index in [0.29, 0.717) is 19.3 Å². The van der Waals surface area contributed by atoms with Gasteiger partial charge in [0.25, 0.3) is 0 Å². The fourth-order valence-electron chi connectivity index (χ4n) is 7.53. The van der Waals surface area contributed by atoms with Crippen molar-refractivity contribution in [1.82, 2.24) is 0 Å². The molecular weight excluding hydrogens is 757 g/mol. The third kappa shape index (κ3) is 48.5. The quantitative estimate of drug-likeness (QED) is 0.0262. The molecule has 0 aliphatic carbocycles. The third-order valence-corrected chi connectivity index (χ3v) is 11.6. The zero-order chi connectivity index (χ0) is 44.4. The summed E-state index contributed by atoms with van der Waals surface area (Å²) in [7, 11) is 0. The minimum atomic E-state index is -0.778. The highest BCUT2D eigenvalue weighted by atomic mass is 16.6. The van der Waals surface area contributed by atoms with Crippen LogP contribution in [0.25, 0.3) is 0 Å². The smallest absolute Gasteiger partial charge is 0.306 e. The molecule has 0 unspecified atom stereocenters. The van der Waals surface area contributed by atoms with E-state index >= 15 is 0 Å². The lowest BCUT2D eigenvalue weighted by molar-refractivity contribution is -0.167. The van der Waals surface area contributed by atoms with Crippen molar-refractivity contribution in [2.24, 2.45) is 0 Å². The van der Waals surface area contributed by atoms with Crippen LogP contribution in [0.15, 0.2) is 36.5 Å². The molecule has 0 aromatic heterocycles. The topological polar surface area (TPSA) is 78.9 Å². The molecule has 0 spiro atoms. The van der Waals surface area contributed by atoms with Gasteiger partial charge in [0, 0.05) is 19.3 Å².